The van der Waals surface area contributed by atoms with E-state index in [0.717, 1.165) is 5.56 Å². The van der Waals surface area contributed by atoms with Crippen LogP contribution in [0.15, 0.2) is 77.7 Å². The molecule has 2 N–H and O–H groups in total. The second-order valence-corrected chi connectivity index (χ2v) is 9.06. The highest BCUT2D eigenvalue weighted by Gasteiger charge is 2.31. The molecule has 3 aromatic carbocycles. The Morgan fingerprint density at radius 2 is 1.55 bits per heavy atom. The van der Waals surface area contributed by atoms with Crippen LogP contribution < -0.4 is 15.2 Å². The predicted molar refractivity (Wildman–Crippen MR) is 119 cm³/mol. The highest BCUT2D eigenvalue weighted by molar-refractivity contribution is 7.92. The molecular formula is C22H18N4O6S. The Kier molecular flexibility index (Phi) is 5.80. The van der Waals surface area contributed by atoms with Crippen LogP contribution in [0.2, 0.25) is 0 Å². The number of nitro groups is 1. The van der Waals surface area contributed by atoms with Gasteiger partial charge in [-0.05, 0) is 48.4 Å². The first-order valence-corrected chi connectivity index (χ1v) is 11.3. The van der Waals surface area contributed by atoms with Crippen LogP contribution >= 0.6 is 0 Å². The van der Waals surface area contributed by atoms with E-state index in [9.17, 15) is 28.1 Å². The quantitative estimate of drug-likeness (QED) is 0.437. The SMILES string of the molecule is O=C(NNC(=O)c1cccc(S(=O)(=O)N2CCc3ccccc32)c1)c1ccc([N+](=O)[O-])cc1. The summed E-state index contributed by atoms with van der Waals surface area (Å²) in [7, 11) is -3.88. The Hall–Kier alpha value is -4.25. The van der Waals surface area contributed by atoms with E-state index in [0.29, 0.717) is 18.7 Å². The summed E-state index contributed by atoms with van der Waals surface area (Å²) in [5.41, 5.74) is 5.93. The number of carbonyl (C=O) groups is 2. The molecule has 1 aliphatic heterocycles. The fourth-order valence-electron chi connectivity index (χ4n) is 3.48. The van der Waals surface area contributed by atoms with E-state index in [2.05, 4.69) is 10.9 Å². The average molecular weight is 466 g/mol. The van der Waals surface area contributed by atoms with Gasteiger partial charge in [0.15, 0.2) is 0 Å². The Morgan fingerprint density at radius 3 is 2.24 bits per heavy atom. The number of nitrogens with one attached hydrogen (secondary N) is 2. The van der Waals surface area contributed by atoms with Crippen molar-refractivity contribution in [1.29, 1.82) is 0 Å². The Labute approximate surface area is 189 Å². The number of rotatable bonds is 5. The van der Waals surface area contributed by atoms with Crippen molar-refractivity contribution in [2.75, 3.05) is 10.8 Å². The largest absolute Gasteiger partial charge is 0.269 e. The van der Waals surface area contributed by atoms with Gasteiger partial charge in [-0.25, -0.2) is 8.42 Å². The zero-order valence-electron chi connectivity index (χ0n) is 17.1. The van der Waals surface area contributed by atoms with Crippen LogP contribution in [0.3, 0.4) is 0 Å². The first kappa shape index (κ1) is 22.0. The summed E-state index contributed by atoms with van der Waals surface area (Å²) in [6.45, 7) is 0.309. The Morgan fingerprint density at radius 1 is 0.879 bits per heavy atom. The number of sulfonamides is 1. The number of anilines is 1. The minimum absolute atomic E-state index is 0.0348. The van der Waals surface area contributed by atoms with Gasteiger partial charge in [0, 0.05) is 29.8 Å². The number of nitrogens with zero attached hydrogens (tertiary/aromatic N) is 2. The third-order valence-corrected chi connectivity index (χ3v) is 6.97. The van der Waals surface area contributed by atoms with Crippen LogP contribution in [0.1, 0.15) is 26.3 Å². The van der Waals surface area contributed by atoms with Crippen LogP contribution in [-0.4, -0.2) is 31.7 Å². The van der Waals surface area contributed by atoms with E-state index in [1.54, 1.807) is 12.1 Å². The number of non-ortho nitro benzene ring substituents is 1. The monoisotopic (exact) mass is 466 g/mol. The van der Waals surface area contributed by atoms with Gasteiger partial charge in [-0.1, -0.05) is 24.3 Å². The maximum atomic E-state index is 13.2. The zero-order valence-corrected chi connectivity index (χ0v) is 17.9. The molecular weight excluding hydrogens is 448 g/mol. The number of para-hydroxylation sites is 1. The summed E-state index contributed by atoms with van der Waals surface area (Å²) in [4.78, 5) is 34.7. The number of hydrogen-bond donors (Lipinski definition) is 2. The minimum Gasteiger partial charge on any atom is -0.267 e. The molecule has 11 heteroatoms. The summed E-state index contributed by atoms with van der Waals surface area (Å²) in [6, 6.07) is 17.6. The molecule has 10 nitrogen and oxygen atoms in total. The van der Waals surface area contributed by atoms with Gasteiger partial charge in [-0.2, -0.15) is 0 Å². The molecule has 0 spiro atoms. The lowest BCUT2D eigenvalue weighted by molar-refractivity contribution is -0.384. The molecule has 0 radical (unpaired) electrons. The van der Waals surface area contributed by atoms with Crippen molar-refractivity contribution in [3.05, 3.63) is 99.6 Å². The normalized spacial score (nSPS) is 12.7. The van der Waals surface area contributed by atoms with Crippen molar-refractivity contribution in [3.8, 4) is 0 Å². The molecule has 0 atom stereocenters. The average Bonchev–Trinajstić information content (AvgIpc) is 3.27. The van der Waals surface area contributed by atoms with Crippen molar-refractivity contribution >= 4 is 33.2 Å². The van der Waals surface area contributed by atoms with Crippen LogP contribution in [0.25, 0.3) is 0 Å². The molecule has 168 valence electrons. The zero-order chi connectivity index (χ0) is 23.6. The maximum absolute atomic E-state index is 13.2. The van der Waals surface area contributed by atoms with E-state index in [1.807, 2.05) is 12.1 Å². The van der Waals surface area contributed by atoms with E-state index in [4.69, 9.17) is 0 Å². The molecule has 0 aliphatic carbocycles. The summed E-state index contributed by atoms with van der Waals surface area (Å²) >= 11 is 0. The summed E-state index contributed by atoms with van der Waals surface area (Å²) < 4.78 is 27.7. The summed E-state index contributed by atoms with van der Waals surface area (Å²) in [5, 5.41) is 10.7. The summed E-state index contributed by atoms with van der Waals surface area (Å²) in [5.74, 6) is -1.40. The first-order valence-electron chi connectivity index (χ1n) is 9.83. The lowest BCUT2D eigenvalue weighted by Crippen LogP contribution is -2.41. The second-order valence-electron chi connectivity index (χ2n) is 7.20. The molecule has 2 amide bonds. The van der Waals surface area contributed by atoms with E-state index in [-0.39, 0.29) is 21.7 Å². The van der Waals surface area contributed by atoms with Gasteiger partial charge in [0.2, 0.25) is 0 Å². The second kappa shape index (κ2) is 8.71. The van der Waals surface area contributed by atoms with Crippen molar-refractivity contribution in [1.82, 2.24) is 10.9 Å². The molecule has 4 rings (SSSR count). The Bertz CT molecular complexity index is 1360. The molecule has 1 heterocycles. The smallest absolute Gasteiger partial charge is 0.267 e. The molecule has 3 aromatic rings. The lowest BCUT2D eigenvalue weighted by atomic mass is 10.2. The molecule has 0 fully saturated rings. The van der Waals surface area contributed by atoms with Crippen LogP contribution in [0.4, 0.5) is 11.4 Å². The third kappa shape index (κ3) is 4.39. The number of carbonyl (C=O) groups excluding carboxylic acids is 2. The number of benzene rings is 3. The van der Waals surface area contributed by atoms with Crippen molar-refractivity contribution in [3.63, 3.8) is 0 Å². The molecule has 33 heavy (non-hydrogen) atoms. The highest BCUT2D eigenvalue weighted by Crippen LogP contribution is 2.32. The van der Waals surface area contributed by atoms with Gasteiger partial charge >= 0.3 is 0 Å². The first-order chi connectivity index (χ1) is 15.8. The number of amides is 2. The van der Waals surface area contributed by atoms with Crippen molar-refractivity contribution in [2.24, 2.45) is 0 Å². The van der Waals surface area contributed by atoms with Gasteiger partial charge in [-0.3, -0.25) is 34.9 Å². The van der Waals surface area contributed by atoms with Gasteiger partial charge < -0.3 is 0 Å². The molecule has 0 aromatic heterocycles. The molecule has 0 saturated heterocycles. The minimum atomic E-state index is -3.88. The van der Waals surface area contributed by atoms with E-state index in [1.165, 1.54) is 52.8 Å². The molecule has 0 bridgehead atoms. The number of fused-ring (bicyclic) bond motifs is 1. The molecule has 1 aliphatic rings. The Balaban J connectivity index is 1.47. The van der Waals surface area contributed by atoms with Crippen LogP contribution in [0, 0.1) is 10.1 Å². The maximum Gasteiger partial charge on any atom is 0.269 e. The topological polar surface area (TPSA) is 139 Å². The standard InChI is InChI=1S/C22H18N4O6S/c27-21(16-8-10-18(11-9-16)26(29)30)23-24-22(28)17-5-3-6-19(14-17)33(31,32)25-13-12-15-4-1-2-7-20(15)25/h1-11,14H,12-13H2,(H,23,27)(H,24,28). The van der Waals surface area contributed by atoms with Gasteiger partial charge in [-0.15, -0.1) is 0 Å². The number of hydrazine groups is 1. The lowest BCUT2D eigenvalue weighted by Gasteiger charge is -2.20. The predicted octanol–water partition coefficient (Wildman–Crippen LogP) is 2.42. The van der Waals surface area contributed by atoms with E-state index >= 15 is 0 Å². The van der Waals surface area contributed by atoms with Gasteiger partial charge in [0.1, 0.15) is 0 Å². The van der Waals surface area contributed by atoms with E-state index < -0.39 is 26.8 Å². The third-order valence-electron chi connectivity index (χ3n) is 5.16. The fraction of sp³-hybridized carbons (Fsp3) is 0.0909. The van der Waals surface area contributed by atoms with Crippen LogP contribution in [-0.2, 0) is 16.4 Å². The number of hydrogen-bond acceptors (Lipinski definition) is 6. The highest BCUT2D eigenvalue weighted by atomic mass is 32.2. The van der Waals surface area contributed by atoms with Crippen molar-refractivity contribution in [2.45, 2.75) is 11.3 Å². The molecule has 0 unspecified atom stereocenters. The fourth-order valence-corrected chi connectivity index (χ4v) is 5.02. The number of nitro benzene ring substituents is 1. The van der Waals surface area contributed by atoms with Gasteiger partial charge in [0.25, 0.3) is 27.5 Å². The van der Waals surface area contributed by atoms with Crippen molar-refractivity contribution < 1.29 is 22.9 Å². The van der Waals surface area contributed by atoms with Gasteiger partial charge in [0.05, 0.1) is 15.5 Å². The molecule has 0 saturated carbocycles. The van der Waals surface area contributed by atoms with Crippen LogP contribution in [0.5, 0.6) is 0 Å². The summed E-state index contributed by atoms with van der Waals surface area (Å²) in [6.07, 6.45) is 0.601.